The maximum atomic E-state index is 11.9. The summed E-state index contributed by atoms with van der Waals surface area (Å²) in [6.45, 7) is 0.711. The number of carbonyl (C=O) groups excluding carboxylic acids is 1. The number of benzene rings is 1. The van der Waals surface area contributed by atoms with Crippen LogP contribution in [0.1, 0.15) is 61.6 Å². The van der Waals surface area contributed by atoms with Gasteiger partial charge in [0.2, 0.25) is 5.91 Å². The van der Waals surface area contributed by atoms with Crippen LogP contribution in [-0.2, 0) is 28.9 Å². The van der Waals surface area contributed by atoms with Gasteiger partial charge in [-0.15, -0.1) is 0 Å². The Bertz CT molecular complexity index is 539. The van der Waals surface area contributed by atoms with E-state index in [2.05, 4.69) is 23.5 Å². The second kappa shape index (κ2) is 9.33. The molecule has 1 aliphatic rings. The first-order chi connectivity index (χ1) is 11.1. The van der Waals surface area contributed by atoms with E-state index in [9.17, 15) is 9.59 Å². The van der Waals surface area contributed by atoms with Gasteiger partial charge in [-0.25, -0.2) is 0 Å². The fourth-order valence-electron chi connectivity index (χ4n) is 3.14. The van der Waals surface area contributed by atoms with Crippen LogP contribution >= 0.6 is 0 Å². The molecule has 0 aromatic heterocycles. The van der Waals surface area contributed by atoms with E-state index in [0.717, 1.165) is 44.1 Å². The molecule has 0 bridgehead atoms. The molecule has 126 valence electrons. The predicted molar refractivity (Wildman–Crippen MR) is 90.5 cm³/mol. The first-order valence-corrected chi connectivity index (χ1v) is 8.74. The number of unbranched alkanes of at least 4 members (excludes halogenated alkanes) is 4. The monoisotopic (exact) mass is 317 g/mol. The lowest BCUT2D eigenvalue weighted by molar-refractivity contribution is -0.137. The molecule has 1 aliphatic carbocycles. The molecule has 1 aromatic rings. The molecule has 23 heavy (non-hydrogen) atoms. The fourth-order valence-corrected chi connectivity index (χ4v) is 3.14. The Kier molecular flexibility index (Phi) is 7.11. The summed E-state index contributed by atoms with van der Waals surface area (Å²) in [6, 6.07) is 6.43. The van der Waals surface area contributed by atoms with E-state index in [0.29, 0.717) is 13.0 Å². The number of hydrogen-bond donors (Lipinski definition) is 2. The lowest BCUT2D eigenvalue weighted by atomic mass is 10.0. The molecule has 0 unspecified atom stereocenters. The summed E-state index contributed by atoms with van der Waals surface area (Å²) in [7, 11) is 0. The molecule has 0 radical (unpaired) electrons. The number of carboxylic acid groups (broad SMARTS) is 1. The average Bonchev–Trinajstić information content (AvgIpc) is 2.97. The highest BCUT2D eigenvalue weighted by molar-refractivity contribution is 5.78. The third-order valence-electron chi connectivity index (χ3n) is 4.42. The van der Waals surface area contributed by atoms with Gasteiger partial charge in [0.15, 0.2) is 0 Å². The minimum absolute atomic E-state index is 0.0915. The van der Waals surface area contributed by atoms with E-state index in [1.807, 2.05) is 0 Å². The lowest BCUT2D eigenvalue weighted by Gasteiger charge is -2.07. The fraction of sp³-hybridized carbons (Fsp3) is 0.579. The van der Waals surface area contributed by atoms with Crippen LogP contribution in [0.15, 0.2) is 18.2 Å². The Morgan fingerprint density at radius 2 is 1.74 bits per heavy atom. The minimum Gasteiger partial charge on any atom is -0.481 e. The van der Waals surface area contributed by atoms with Crippen LogP contribution in [0.3, 0.4) is 0 Å². The molecule has 4 nitrogen and oxygen atoms in total. The van der Waals surface area contributed by atoms with Crippen molar-refractivity contribution in [3.05, 3.63) is 34.9 Å². The Balaban J connectivity index is 1.54. The Hall–Kier alpha value is -1.84. The van der Waals surface area contributed by atoms with Gasteiger partial charge in [0.25, 0.3) is 0 Å². The average molecular weight is 317 g/mol. The molecular weight excluding hydrogens is 290 g/mol. The van der Waals surface area contributed by atoms with Gasteiger partial charge in [0.1, 0.15) is 0 Å². The number of aliphatic carboxylic acids is 1. The van der Waals surface area contributed by atoms with Gasteiger partial charge < -0.3 is 10.4 Å². The van der Waals surface area contributed by atoms with E-state index in [1.165, 1.54) is 24.0 Å². The normalized spacial score (nSPS) is 12.9. The summed E-state index contributed by atoms with van der Waals surface area (Å²) < 4.78 is 0. The number of amides is 1. The summed E-state index contributed by atoms with van der Waals surface area (Å²) in [6.07, 6.45) is 9.02. The summed E-state index contributed by atoms with van der Waals surface area (Å²) in [5.41, 5.74) is 3.96. The largest absolute Gasteiger partial charge is 0.481 e. The first-order valence-electron chi connectivity index (χ1n) is 8.74. The summed E-state index contributed by atoms with van der Waals surface area (Å²) in [5, 5.41) is 11.5. The zero-order chi connectivity index (χ0) is 16.5. The predicted octanol–water partition coefficient (Wildman–Crippen LogP) is 3.26. The van der Waals surface area contributed by atoms with Crippen molar-refractivity contribution < 1.29 is 14.7 Å². The number of nitrogens with one attached hydrogen (secondary N) is 1. The highest BCUT2D eigenvalue weighted by atomic mass is 16.4. The molecule has 0 fully saturated rings. The second-order valence-corrected chi connectivity index (χ2v) is 6.39. The molecule has 2 N–H and O–H groups in total. The van der Waals surface area contributed by atoms with E-state index in [-0.39, 0.29) is 12.3 Å². The van der Waals surface area contributed by atoms with Crippen molar-refractivity contribution in [3.8, 4) is 0 Å². The van der Waals surface area contributed by atoms with Crippen molar-refractivity contribution in [1.82, 2.24) is 5.32 Å². The van der Waals surface area contributed by atoms with Crippen LogP contribution in [-0.4, -0.2) is 23.5 Å². The van der Waals surface area contributed by atoms with Crippen LogP contribution in [0.5, 0.6) is 0 Å². The van der Waals surface area contributed by atoms with Gasteiger partial charge in [-0.3, -0.25) is 9.59 Å². The van der Waals surface area contributed by atoms with Gasteiger partial charge in [0.05, 0.1) is 6.42 Å². The standard InChI is InChI=1S/C19H27NO3/c21-18(20-12-5-3-1-2-4-9-19(22)23)14-15-10-11-16-7-6-8-17(16)13-15/h10-11,13H,1-9,12,14H2,(H,20,21)(H,22,23). The molecule has 1 aromatic carbocycles. The summed E-state index contributed by atoms with van der Waals surface area (Å²) >= 11 is 0. The SMILES string of the molecule is O=C(O)CCCCCCCNC(=O)Cc1ccc2c(c1)CCC2. The van der Waals surface area contributed by atoms with E-state index >= 15 is 0 Å². The summed E-state index contributed by atoms with van der Waals surface area (Å²) in [4.78, 5) is 22.3. The van der Waals surface area contributed by atoms with Gasteiger partial charge in [-0.2, -0.15) is 0 Å². The van der Waals surface area contributed by atoms with Crippen LogP contribution in [0.2, 0.25) is 0 Å². The van der Waals surface area contributed by atoms with Crippen LogP contribution in [0.25, 0.3) is 0 Å². The highest BCUT2D eigenvalue weighted by Gasteiger charge is 2.12. The lowest BCUT2D eigenvalue weighted by Crippen LogP contribution is -2.26. The maximum absolute atomic E-state index is 11.9. The molecule has 0 saturated carbocycles. The van der Waals surface area contributed by atoms with Gasteiger partial charge in [-0.05, 0) is 48.8 Å². The molecule has 0 aliphatic heterocycles. The van der Waals surface area contributed by atoms with Gasteiger partial charge >= 0.3 is 5.97 Å². The number of hydrogen-bond acceptors (Lipinski definition) is 2. The number of carbonyl (C=O) groups is 2. The topological polar surface area (TPSA) is 66.4 Å². The zero-order valence-electron chi connectivity index (χ0n) is 13.8. The zero-order valence-corrected chi connectivity index (χ0v) is 13.8. The minimum atomic E-state index is -0.719. The molecule has 4 heteroatoms. The number of carboxylic acids is 1. The van der Waals surface area contributed by atoms with Gasteiger partial charge in [-0.1, -0.05) is 37.5 Å². The van der Waals surface area contributed by atoms with E-state index in [1.54, 1.807) is 0 Å². The smallest absolute Gasteiger partial charge is 0.303 e. The van der Waals surface area contributed by atoms with Crippen molar-refractivity contribution >= 4 is 11.9 Å². The van der Waals surface area contributed by atoms with Crippen LogP contribution in [0, 0.1) is 0 Å². The highest BCUT2D eigenvalue weighted by Crippen LogP contribution is 2.22. The first kappa shape index (κ1) is 17.5. The van der Waals surface area contributed by atoms with E-state index in [4.69, 9.17) is 5.11 Å². The van der Waals surface area contributed by atoms with Crippen molar-refractivity contribution in [3.63, 3.8) is 0 Å². The Labute approximate surface area is 138 Å². The third kappa shape index (κ3) is 6.43. The van der Waals surface area contributed by atoms with Crippen molar-refractivity contribution in [2.75, 3.05) is 6.54 Å². The van der Waals surface area contributed by atoms with Crippen molar-refractivity contribution in [2.45, 2.75) is 64.2 Å². The molecule has 1 amide bonds. The van der Waals surface area contributed by atoms with Crippen molar-refractivity contribution in [2.24, 2.45) is 0 Å². The second-order valence-electron chi connectivity index (χ2n) is 6.39. The molecule has 0 heterocycles. The molecule has 0 atom stereocenters. The van der Waals surface area contributed by atoms with E-state index < -0.39 is 5.97 Å². The summed E-state index contributed by atoms with van der Waals surface area (Å²) in [5.74, 6) is -0.627. The van der Waals surface area contributed by atoms with Crippen molar-refractivity contribution in [1.29, 1.82) is 0 Å². The van der Waals surface area contributed by atoms with Gasteiger partial charge in [0, 0.05) is 13.0 Å². The maximum Gasteiger partial charge on any atom is 0.303 e. The third-order valence-corrected chi connectivity index (χ3v) is 4.42. The number of aryl methyl sites for hydroxylation is 2. The molecule has 2 rings (SSSR count). The number of fused-ring (bicyclic) bond motifs is 1. The molecular formula is C19H27NO3. The quantitative estimate of drug-likeness (QED) is 0.651. The number of rotatable bonds is 10. The van der Waals surface area contributed by atoms with Crippen LogP contribution < -0.4 is 5.32 Å². The Morgan fingerprint density at radius 3 is 2.57 bits per heavy atom. The molecule has 0 saturated heterocycles. The van der Waals surface area contributed by atoms with Crippen LogP contribution in [0.4, 0.5) is 0 Å². The Morgan fingerprint density at radius 1 is 1.00 bits per heavy atom. The molecule has 0 spiro atoms.